The summed E-state index contributed by atoms with van der Waals surface area (Å²) in [5.74, 6) is 0.145. The second-order valence-electron chi connectivity index (χ2n) is 4.15. The molecule has 2 aromatic rings. The number of aromatic hydroxyl groups is 1. The molecule has 0 unspecified atom stereocenters. The molecule has 6 nitrogen and oxygen atoms in total. The van der Waals surface area contributed by atoms with Crippen molar-refractivity contribution in [1.82, 2.24) is 0 Å². The van der Waals surface area contributed by atoms with Crippen LogP contribution in [0.4, 0.5) is 17.1 Å². The van der Waals surface area contributed by atoms with Crippen molar-refractivity contribution in [2.24, 2.45) is 0 Å². The second kappa shape index (κ2) is 5.28. The van der Waals surface area contributed by atoms with Crippen LogP contribution in [0.2, 0.25) is 0 Å². The van der Waals surface area contributed by atoms with Crippen LogP contribution < -0.4 is 4.90 Å². The number of nitro groups is 1. The molecule has 0 aliphatic carbocycles. The summed E-state index contributed by atoms with van der Waals surface area (Å²) in [5, 5.41) is 29.1. The maximum atomic E-state index is 10.7. The molecule has 6 heteroatoms. The van der Waals surface area contributed by atoms with E-state index in [1.54, 1.807) is 24.1 Å². The van der Waals surface area contributed by atoms with Gasteiger partial charge in [-0.05, 0) is 30.3 Å². The van der Waals surface area contributed by atoms with E-state index in [9.17, 15) is 15.2 Å². The van der Waals surface area contributed by atoms with E-state index in [1.165, 1.54) is 30.3 Å². The van der Waals surface area contributed by atoms with Gasteiger partial charge in [0.25, 0.3) is 5.69 Å². The van der Waals surface area contributed by atoms with Crippen molar-refractivity contribution in [3.05, 3.63) is 58.1 Å². The number of nitro benzene ring substituents is 1. The van der Waals surface area contributed by atoms with Gasteiger partial charge in [0, 0.05) is 24.9 Å². The maximum absolute atomic E-state index is 10.7. The fraction of sp³-hybridized carbons (Fsp3) is 0.0714. The average Bonchev–Trinajstić information content (AvgIpc) is 2.46. The molecular weight excluding hydrogens is 258 g/mol. The highest BCUT2D eigenvalue weighted by molar-refractivity contribution is 5.70. The van der Waals surface area contributed by atoms with Gasteiger partial charge in [-0.25, -0.2) is 0 Å². The number of anilines is 2. The van der Waals surface area contributed by atoms with Crippen molar-refractivity contribution < 1.29 is 10.0 Å². The SMILES string of the molecule is CN(c1ccc(O)cc1)c1ccc([N+](=O)[O-])cc1C#N. The topological polar surface area (TPSA) is 90.4 Å². The third-order valence-corrected chi connectivity index (χ3v) is 2.91. The van der Waals surface area contributed by atoms with Gasteiger partial charge in [0.1, 0.15) is 11.8 Å². The van der Waals surface area contributed by atoms with E-state index in [1.807, 2.05) is 6.07 Å². The summed E-state index contributed by atoms with van der Waals surface area (Å²) in [7, 11) is 1.74. The minimum Gasteiger partial charge on any atom is -0.508 e. The van der Waals surface area contributed by atoms with Crippen LogP contribution in [-0.2, 0) is 0 Å². The zero-order chi connectivity index (χ0) is 14.7. The smallest absolute Gasteiger partial charge is 0.270 e. The molecule has 2 rings (SSSR count). The van der Waals surface area contributed by atoms with E-state index < -0.39 is 4.92 Å². The van der Waals surface area contributed by atoms with E-state index in [4.69, 9.17) is 5.26 Å². The standard InChI is InChI=1S/C14H11N3O3/c1-16(11-2-5-13(18)6-3-11)14-7-4-12(17(19)20)8-10(14)9-15/h2-8,18H,1H3. The number of phenolic OH excluding ortho intramolecular Hbond substituents is 1. The van der Waals surface area contributed by atoms with E-state index in [0.717, 1.165) is 5.69 Å². The molecular formula is C14H11N3O3. The fourth-order valence-electron chi connectivity index (χ4n) is 1.83. The van der Waals surface area contributed by atoms with Gasteiger partial charge in [-0.15, -0.1) is 0 Å². The van der Waals surface area contributed by atoms with Gasteiger partial charge in [-0.3, -0.25) is 10.1 Å². The Morgan fingerprint density at radius 1 is 1.25 bits per heavy atom. The number of benzene rings is 2. The molecule has 0 atom stereocenters. The molecule has 0 spiro atoms. The molecule has 0 radical (unpaired) electrons. The lowest BCUT2D eigenvalue weighted by Crippen LogP contribution is -2.11. The third-order valence-electron chi connectivity index (χ3n) is 2.91. The summed E-state index contributed by atoms with van der Waals surface area (Å²) >= 11 is 0. The van der Waals surface area contributed by atoms with Crippen LogP contribution >= 0.6 is 0 Å². The van der Waals surface area contributed by atoms with E-state index in [2.05, 4.69) is 0 Å². The number of phenols is 1. The molecule has 1 N–H and O–H groups in total. The Balaban J connectivity index is 2.44. The first-order valence-corrected chi connectivity index (χ1v) is 5.74. The number of hydrogen-bond acceptors (Lipinski definition) is 5. The zero-order valence-corrected chi connectivity index (χ0v) is 10.6. The lowest BCUT2D eigenvalue weighted by Gasteiger charge is -2.20. The average molecular weight is 269 g/mol. The molecule has 0 aliphatic heterocycles. The fourth-order valence-corrected chi connectivity index (χ4v) is 1.83. The first kappa shape index (κ1) is 13.4. The van der Waals surface area contributed by atoms with Crippen molar-refractivity contribution in [3.63, 3.8) is 0 Å². The largest absolute Gasteiger partial charge is 0.508 e. The van der Waals surface area contributed by atoms with Gasteiger partial charge in [0.05, 0.1) is 16.2 Å². The predicted octanol–water partition coefficient (Wildman–Crippen LogP) is 2.94. The van der Waals surface area contributed by atoms with Crippen molar-refractivity contribution >= 4 is 17.1 Å². The normalized spacial score (nSPS) is 9.80. The molecule has 0 amide bonds. The highest BCUT2D eigenvalue weighted by Gasteiger charge is 2.14. The Morgan fingerprint density at radius 3 is 2.45 bits per heavy atom. The first-order valence-electron chi connectivity index (χ1n) is 5.74. The van der Waals surface area contributed by atoms with Crippen LogP contribution in [0.1, 0.15) is 5.56 Å². The molecule has 2 aromatic carbocycles. The minimum absolute atomic E-state index is 0.121. The minimum atomic E-state index is -0.537. The highest BCUT2D eigenvalue weighted by atomic mass is 16.6. The second-order valence-corrected chi connectivity index (χ2v) is 4.15. The molecule has 100 valence electrons. The lowest BCUT2D eigenvalue weighted by molar-refractivity contribution is -0.384. The Labute approximate surface area is 115 Å². The first-order chi connectivity index (χ1) is 9.52. The summed E-state index contributed by atoms with van der Waals surface area (Å²) in [5.41, 5.74) is 1.41. The summed E-state index contributed by atoms with van der Waals surface area (Å²) in [6.07, 6.45) is 0. The number of non-ortho nitro benzene ring substituents is 1. The van der Waals surface area contributed by atoms with Gasteiger partial charge in [0.2, 0.25) is 0 Å². The molecule has 20 heavy (non-hydrogen) atoms. The summed E-state index contributed by atoms with van der Waals surface area (Å²) in [4.78, 5) is 11.9. The molecule has 0 fully saturated rings. The Morgan fingerprint density at radius 2 is 1.90 bits per heavy atom. The molecule has 0 aromatic heterocycles. The van der Waals surface area contributed by atoms with Crippen LogP contribution in [0.25, 0.3) is 0 Å². The Bertz CT molecular complexity index is 690. The maximum Gasteiger partial charge on any atom is 0.270 e. The van der Waals surface area contributed by atoms with E-state index >= 15 is 0 Å². The van der Waals surface area contributed by atoms with Gasteiger partial charge in [0.15, 0.2) is 0 Å². The van der Waals surface area contributed by atoms with Gasteiger partial charge in [-0.2, -0.15) is 5.26 Å². The molecule has 0 heterocycles. The van der Waals surface area contributed by atoms with Gasteiger partial charge in [-0.1, -0.05) is 0 Å². The molecule has 0 aliphatic rings. The van der Waals surface area contributed by atoms with Gasteiger partial charge >= 0.3 is 0 Å². The van der Waals surface area contributed by atoms with Crippen molar-refractivity contribution in [2.45, 2.75) is 0 Å². The lowest BCUT2D eigenvalue weighted by atomic mass is 10.1. The van der Waals surface area contributed by atoms with Crippen molar-refractivity contribution in [2.75, 3.05) is 11.9 Å². The zero-order valence-electron chi connectivity index (χ0n) is 10.6. The number of rotatable bonds is 3. The van der Waals surface area contributed by atoms with Crippen molar-refractivity contribution in [3.8, 4) is 11.8 Å². The molecule has 0 bridgehead atoms. The summed E-state index contributed by atoms with van der Waals surface area (Å²) in [6.45, 7) is 0. The van der Waals surface area contributed by atoms with Crippen LogP contribution in [-0.4, -0.2) is 17.1 Å². The molecule has 0 saturated heterocycles. The predicted molar refractivity (Wildman–Crippen MR) is 74.0 cm³/mol. The quantitative estimate of drug-likeness (QED) is 0.683. The van der Waals surface area contributed by atoms with Crippen LogP contribution in [0.3, 0.4) is 0 Å². The highest BCUT2D eigenvalue weighted by Crippen LogP contribution is 2.30. The van der Waals surface area contributed by atoms with E-state index in [-0.39, 0.29) is 17.0 Å². The number of nitrogens with zero attached hydrogens (tertiary/aromatic N) is 3. The summed E-state index contributed by atoms with van der Waals surface area (Å²) < 4.78 is 0. The van der Waals surface area contributed by atoms with Gasteiger partial charge < -0.3 is 10.0 Å². The monoisotopic (exact) mass is 269 g/mol. The number of nitriles is 1. The van der Waals surface area contributed by atoms with Crippen LogP contribution in [0.5, 0.6) is 5.75 Å². The van der Waals surface area contributed by atoms with Crippen molar-refractivity contribution in [1.29, 1.82) is 5.26 Å². The molecule has 0 saturated carbocycles. The third kappa shape index (κ3) is 2.52. The van der Waals surface area contributed by atoms with E-state index in [0.29, 0.717) is 5.69 Å². The van der Waals surface area contributed by atoms with Crippen LogP contribution in [0, 0.1) is 21.4 Å². The Hall–Kier alpha value is -3.07. The number of hydrogen-bond donors (Lipinski definition) is 1. The summed E-state index contributed by atoms with van der Waals surface area (Å²) in [6, 6.07) is 12.5. The van der Waals surface area contributed by atoms with Crippen LogP contribution in [0.15, 0.2) is 42.5 Å². The Kier molecular flexibility index (Phi) is 3.53.